The molecule has 1 N–H and O–H groups in total. The van der Waals surface area contributed by atoms with E-state index < -0.39 is 17.2 Å². The molecular weight excluding hydrogens is 307 g/mol. The average Bonchev–Trinajstić information content (AvgIpc) is 3.12. The molecule has 0 aliphatic heterocycles. The van der Waals surface area contributed by atoms with Crippen LogP contribution in [0.3, 0.4) is 0 Å². The van der Waals surface area contributed by atoms with E-state index in [1.165, 1.54) is 20.3 Å². The zero-order valence-corrected chi connectivity index (χ0v) is 11.5. The molecule has 18 heavy (non-hydrogen) atoms. The fourth-order valence-electron chi connectivity index (χ4n) is 2.06. The topological polar surface area (TPSA) is 55.8 Å². The van der Waals surface area contributed by atoms with Crippen LogP contribution in [-0.4, -0.2) is 25.3 Å². The fraction of sp³-hybridized carbons (Fsp3) is 0.417. The Hall–Kier alpha value is -1.30. The molecule has 6 heteroatoms. The number of carboxylic acid groups (broad SMARTS) is 1. The second-order valence-electron chi connectivity index (χ2n) is 4.17. The lowest BCUT2D eigenvalue weighted by Crippen LogP contribution is -2.22. The van der Waals surface area contributed by atoms with Crippen molar-refractivity contribution in [3.8, 4) is 11.5 Å². The second-order valence-corrected chi connectivity index (χ2v) is 5.02. The van der Waals surface area contributed by atoms with Crippen molar-refractivity contribution in [2.75, 3.05) is 14.2 Å². The molecule has 0 unspecified atom stereocenters. The Morgan fingerprint density at radius 3 is 2.44 bits per heavy atom. The first kappa shape index (κ1) is 13.1. The molecule has 0 saturated heterocycles. The normalized spacial score (nSPS) is 16.2. The number of hydrogen-bond acceptors (Lipinski definition) is 3. The summed E-state index contributed by atoms with van der Waals surface area (Å²) in [5.74, 6) is -1.18. The van der Waals surface area contributed by atoms with E-state index in [0.29, 0.717) is 18.6 Å². The van der Waals surface area contributed by atoms with Crippen LogP contribution in [0.4, 0.5) is 4.39 Å². The number of rotatable bonds is 4. The summed E-state index contributed by atoms with van der Waals surface area (Å²) in [6.45, 7) is 0. The number of carboxylic acids is 1. The van der Waals surface area contributed by atoms with Crippen molar-refractivity contribution in [2.24, 2.45) is 0 Å². The molecule has 0 radical (unpaired) electrons. The smallest absolute Gasteiger partial charge is 0.314 e. The Bertz CT molecular complexity index is 511. The third-order valence-corrected chi connectivity index (χ3v) is 3.78. The number of benzene rings is 1. The third kappa shape index (κ3) is 1.75. The first-order valence-electron chi connectivity index (χ1n) is 5.31. The number of hydrogen-bond donors (Lipinski definition) is 1. The zero-order valence-electron chi connectivity index (χ0n) is 9.92. The first-order chi connectivity index (χ1) is 8.47. The number of methoxy groups -OCH3 is 2. The van der Waals surface area contributed by atoms with E-state index in [1.807, 2.05) is 0 Å². The fourth-order valence-corrected chi connectivity index (χ4v) is 2.47. The van der Waals surface area contributed by atoms with Crippen LogP contribution >= 0.6 is 15.9 Å². The van der Waals surface area contributed by atoms with Gasteiger partial charge in [-0.3, -0.25) is 4.79 Å². The second kappa shape index (κ2) is 4.42. The van der Waals surface area contributed by atoms with E-state index in [2.05, 4.69) is 15.9 Å². The van der Waals surface area contributed by atoms with Crippen LogP contribution in [0, 0.1) is 5.82 Å². The van der Waals surface area contributed by atoms with E-state index in [-0.39, 0.29) is 15.8 Å². The Morgan fingerprint density at radius 2 is 2.06 bits per heavy atom. The minimum absolute atomic E-state index is 0.0590. The van der Waals surface area contributed by atoms with Crippen LogP contribution in [0.15, 0.2) is 10.5 Å². The van der Waals surface area contributed by atoms with Crippen LogP contribution < -0.4 is 9.47 Å². The maximum atomic E-state index is 14.2. The van der Waals surface area contributed by atoms with Crippen molar-refractivity contribution < 1.29 is 23.8 Å². The van der Waals surface area contributed by atoms with Crippen LogP contribution in [0.25, 0.3) is 0 Å². The quantitative estimate of drug-likeness (QED) is 0.927. The summed E-state index contributed by atoms with van der Waals surface area (Å²) in [4.78, 5) is 11.3. The summed E-state index contributed by atoms with van der Waals surface area (Å²) in [6, 6.07) is 1.43. The Labute approximate surface area is 112 Å². The molecule has 0 amide bonds. The van der Waals surface area contributed by atoms with Gasteiger partial charge in [-0.15, -0.1) is 0 Å². The summed E-state index contributed by atoms with van der Waals surface area (Å²) >= 11 is 3.07. The zero-order chi connectivity index (χ0) is 13.5. The van der Waals surface area contributed by atoms with Crippen LogP contribution in [-0.2, 0) is 10.2 Å². The van der Waals surface area contributed by atoms with Gasteiger partial charge < -0.3 is 14.6 Å². The highest BCUT2D eigenvalue weighted by atomic mass is 79.9. The lowest BCUT2D eigenvalue weighted by atomic mass is 9.94. The minimum Gasteiger partial charge on any atom is -0.493 e. The highest BCUT2D eigenvalue weighted by molar-refractivity contribution is 9.10. The molecule has 0 atom stereocenters. The predicted molar refractivity (Wildman–Crippen MR) is 65.8 cm³/mol. The van der Waals surface area contributed by atoms with Crippen LogP contribution in [0.1, 0.15) is 18.4 Å². The standard InChI is InChI=1S/C12H12BrFO4/c1-17-7-5-6(13)9(14)8(10(7)18-2)12(3-4-12)11(15)16/h5H,3-4H2,1-2H3,(H,15,16). The predicted octanol–water partition coefficient (Wildman–Crippen LogP) is 2.72. The molecule has 0 aromatic heterocycles. The lowest BCUT2D eigenvalue weighted by molar-refractivity contribution is -0.140. The molecule has 1 aromatic rings. The van der Waals surface area contributed by atoms with Crippen molar-refractivity contribution >= 4 is 21.9 Å². The molecule has 4 nitrogen and oxygen atoms in total. The van der Waals surface area contributed by atoms with E-state index >= 15 is 0 Å². The van der Waals surface area contributed by atoms with Crippen molar-refractivity contribution in [2.45, 2.75) is 18.3 Å². The maximum Gasteiger partial charge on any atom is 0.314 e. The van der Waals surface area contributed by atoms with E-state index in [4.69, 9.17) is 9.47 Å². The van der Waals surface area contributed by atoms with Crippen LogP contribution in [0.5, 0.6) is 11.5 Å². The summed E-state index contributed by atoms with van der Waals surface area (Å²) in [5, 5.41) is 9.28. The van der Waals surface area contributed by atoms with Gasteiger partial charge in [0.05, 0.1) is 29.7 Å². The minimum atomic E-state index is -1.19. The summed E-state index contributed by atoms with van der Waals surface area (Å²) in [6.07, 6.45) is 0.796. The highest BCUT2D eigenvalue weighted by Crippen LogP contribution is 2.55. The monoisotopic (exact) mass is 318 g/mol. The molecule has 0 heterocycles. The summed E-state index contributed by atoms with van der Waals surface area (Å²) in [5.41, 5.74) is -1.13. The lowest BCUT2D eigenvalue weighted by Gasteiger charge is -2.19. The molecule has 0 spiro atoms. The van der Waals surface area contributed by atoms with Crippen molar-refractivity contribution in [3.05, 3.63) is 21.9 Å². The van der Waals surface area contributed by atoms with Crippen molar-refractivity contribution in [1.82, 2.24) is 0 Å². The number of halogens is 2. The molecule has 1 aliphatic rings. The average molecular weight is 319 g/mol. The Kier molecular flexibility index (Phi) is 3.23. The van der Waals surface area contributed by atoms with Gasteiger partial charge in [0.25, 0.3) is 0 Å². The van der Waals surface area contributed by atoms with Gasteiger partial charge in [-0.05, 0) is 28.8 Å². The van der Waals surface area contributed by atoms with Gasteiger partial charge in [0.2, 0.25) is 0 Å². The SMILES string of the molecule is COc1cc(Br)c(F)c(C2(C(=O)O)CC2)c1OC. The van der Waals surface area contributed by atoms with Gasteiger partial charge in [0.15, 0.2) is 11.5 Å². The molecule has 1 fully saturated rings. The van der Waals surface area contributed by atoms with Gasteiger partial charge in [0.1, 0.15) is 5.82 Å². The molecule has 1 aliphatic carbocycles. The van der Waals surface area contributed by atoms with Gasteiger partial charge in [0, 0.05) is 6.07 Å². The summed E-state index contributed by atoms with van der Waals surface area (Å²) < 4.78 is 24.6. The largest absolute Gasteiger partial charge is 0.493 e. The number of ether oxygens (including phenoxy) is 2. The van der Waals surface area contributed by atoms with E-state index in [1.54, 1.807) is 0 Å². The molecule has 98 valence electrons. The molecule has 2 rings (SSSR count). The molecular formula is C12H12BrFO4. The van der Waals surface area contributed by atoms with E-state index in [0.717, 1.165) is 0 Å². The Balaban J connectivity index is 2.72. The highest BCUT2D eigenvalue weighted by Gasteiger charge is 2.55. The van der Waals surface area contributed by atoms with Crippen molar-refractivity contribution in [3.63, 3.8) is 0 Å². The number of carbonyl (C=O) groups is 1. The van der Waals surface area contributed by atoms with E-state index in [9.17, 15) is 14.3 Å². The van der Waals surface area contributed by atoms with Crippen LogP contribution in [0.2, 0.25) is 0 Å². The Morgan fingerprint density at radius 1 is 1.44 bits per heavy atom. The molecule has 1 aromatic carbocycles. The van der Waals surface area contributed by atoms with Gasteiger partial charge >= 0.3 is 5.97 Å². The van der Waals surface area contributed by atoms with Gasteiger partial charge in [-0.2, -0.15) is 0 Å². The first-order valence-corrected chi connectivity index (χ1v) is 6.11. The van der Waals surface area contributed by atoms with Gasteiger partial charge in [-0.1, -0.05) is 0 Å². The number of aliphatic carboxylic acids is 1. The van der Waals surface area contributed by atoms with Crippen molar-refractivity contribution in [1.29, 1.82) is 0 Å². The molecule has 0 bridgehead atoms. The van der Waals surface area contributed by atoms with Gasteiger partial charge in [-0.25, -0.2) is 4.39 Å². The maximum absolute atomic E-state index is 14.2. The molecule has 1 saturated carbocycles. The summed E-state index contributed by atoms with van der Waals surface area (Å²) in [7, 11) is 2.79. The third-order valence-electron chi connectivity index (χ3n) is 3.20.